The molecule has 3 atom stereocenters. The minimum absolute atomic E-state index is 0.130. The molecule has 0 spiro atoms. The molecule has 0 radical (unpaired) electrons. The summed E-state index contributed by atoms with van der Waals surface area (Å²) >= 11 is 12.1. The number of hydrogen-bond donors (Lipinski definition) is 0. The van der Waals surface area contributed by atoms with E-state index >= 15 is 0 Å². The smallest absolute Gasteiger partial charge is 0.273 e. The van der Waals surface area contributed by atoms with Gasteiger partial charge in [0.25, 0.3) is 17.7 Å². The Morgan fingerprint density at radius 2 is 1.58 bits per heavy atom. The van der Waals surface area contributed by atoms with Crippen LogP contribution in [0.15, 0.2) is 42.5 Å². The van der Waals surface area contributed by atoms with Crippen LogP contribution in [0.3, 0.4) is 0 Å². The maximum absolute atomic E-state index is 13.5. The molecule has 1 aliphatic carbocycles. The molecule has 2 aliphatic rings. The molecule has 0 aromatic heterocycles. The Bertz CT molecular complexity index is 1130. The number of hydrazine groups is 1. The molecule has 8 heteroatoms. The highest BCUT2D eigenvalue weighted by Crippen LogP contribution is 2.41. The maximum atomic E-state index is 13.5. The first-order chi connectivity index (χ1) is 15.7. The summed E-state index contributed by atoms with van der Waals surface area (Å²) in [6, 6.07) is 11.2. The highest BCUT2D eigenvalue weighted by molar-refractivity contribution is 6.42. The van der Waals surface area contributed by atoms with Gasteiger partial charge in [-0.1, -0.05) is 60.0 Å². The van der Waals surface area contributed by atoms with E-state index in [4.69, 9.17) is 23.2 Å². The molecule has 33 heavy (non-hydrogen) atoms. The molecule has 3 amide bonds. The van der Waals surface area contributed by atoms with Crippen LogP contribution in [0, 0.1) is 24.7 Å². The first-order valence-corrected chi connectivity index (χ1v) is 11.7. The molecular weight excluding hydrogens is 463 g/mol. The summed E-state index contributed by atoms with van der Waals surface area (Å²) in [5.74, 6) is -2.53. The Morgan fingerprint density at radius 3 is 2.24 bits per heavy atom. The van der Waals surface area contributed by atoms with Crippen LogP contribution in [0.4, 0.5) is 0 Å². The van der Waals surface area contributed by atoms with Crippen molar-refractivity contribution in [1.82, 2.24) is 10.0 Å². The first-order valence-electron chi connectivity index (χ1n) is 10.9. The number of benzene rings is 2. The fourth-order valence-corrected chi connectivity index (χ4v) is 4.89. The third-order valence-corrected chi connectivity index (χ3v) is 7.21. The molecule has 2 aromatic rings. The van der Waals surface area contributed by atoms with Crippen molar-refractivity contribution in [3.8, 4) is 0 Å². The van der Waals surface area contributed by atoms with E-state index in [9.17, 15) is 19.2 Å². The lowest BCUT2D eigenvalue weighted by Crippen LogP contribution is -2.52. The number of carbonyl (C=O) groups is 4. The fraction of sp³-hybridized carbons (Fsp3) is 0.360. The zero-order valence-electron chi connectivity index (χ0n) is 18.4. The maximum Gasteiger partial charge on any atom is 0.273 e. The topological polar surface area (TPSA) is 74.8 Å². The number of carbonyl (C=O) groups excluding carboxylic acids is 4. The summed E-state index contributed by atoms with van der Waals surface area (Å²) in [4.78, 5) is 53.2. The first kappa shape index (κ1) is 23.5. The minimum Gasteiger partial charge on any atom is -0.292 e. The van der Waals surface area contributed by atoms with Crippen molar-refractivity contribution >= 4 is 46.7 Å². The summed E-state index contributed by atoms with van der Waals surface area (Å²) in [5.41, 5.74) is 1.50. The van der Waals surface area contributed by atoms with E-state index in [1.807, 2.05) is 6.92 Å². The van der Waals surface area contributed by atoms with E-state index < -0.39 is 36.1 Å². The van der Waals surface area contributed by atoms with E-state index in [0.29, 0.717) is 24.3 Å². The SMILES string of the molecule is Cc1ccc(C(=O)CN(C(=O)c2ccc(Cl)c(Cl)c2)N2C(=O)[C@H]3C[C@@H](C)CC[C@H]3C2=O)cc1. The van der Waals surface area contributed by atoms with E-state index in [1.54, 1.807) is 24.3 Å². The van der Waals surface area contributed by atoms with Crippen LogP contribution in [0.5, 0.6) is 0 Å². The lowest BCUT2D eigenvalue weighted by atomic mass is 9.76. The van der Waals surface area contributed by atoms with Gasteiger partial charge in [0.05, 0.1) is 21.9 Å². The Balaban J connectivity index is 1.70. The van der Waals surface area contributed by atoms with E-state index in [-0.39, 0.29) is 21.4 Å². The number of hydrogen-bond acceptors (Lipinski definition) is 4. The summed E-state index contributed by atoms with van der Waals surface area (Å²) in [6.07, 6.45) is 2.02. The normalized spacial score (nSPS) is 22.3. The number of amides is 3. The van der Waals surface area contributed by atoms with Crippen molar-refractivity contribution in [2.45, 2.75) is 33.1 Å². The van der Waals surface area contributed by atoms with Gasteiger partial charge in [0.2, 0.25) is 0 Å². The molecule has 2 fully saturated rings. The van der Waals surface area contributed by atoms with Crippen LogP contribution < -0.4 is 0 Å². The molecule has 4 rings (SSSR count). The number of fused-ring (bicyclic) bond motifs is 1. The molecule has 1 aliphatic heterocycles. The molecule has 0 N–H and O–H groups in total. The van der Waals surface area contributed by atoms with Gasteiger partial charge in [-0.25, -0.2) is 5.01 Å². The number of ketones is 1. The average Bonchev–Trinajstić information content (AvgIpc) is 3.03. The Labute approximate surface area is 202 Å². The van der Waals surface area contributed by atoms with E-state index in [0.717, 1.165) is 22.0 Å². The Morgan fingerprint density at radius 1 is 0.939 bits per heavy atom. The molecule has 1 saturated carbocycles. The van der Waals surface area contributed by atoms with Gasteiger partial charge < -0.3 is 0 Å². The highest BCUT2D eigenvalue weighted by atomic mass is 35.5. The van der Waals surface area contributed by atoms with Gasteiger partial charge in [-0.15, -0.1) is 0 Å². The number of aryl methyl sites for hydroxylation is 1. The lowest BCUT2D eigenvalue weighted by Gasteiger charge is -2.30. The van der Waals surface area contributed by atoms with Crippen molar-refractivity contribution in [1.29, 1.82) is 0 Å². The largest absolute Gasteiger partial charge is 0.292 e. The fourth-order valence-electron chi connectivity index (χ4n) is 4.59. The second-order valence-electron chi connectivity index (χ2n) is 8.90. The van der Waals surface area contributed by atoms with E-state index in [1.165, 1.54) is 18.2 Å². The summed E-state index contributed by atoms with van der Waals surface area (Å²) in [7, 11) is 0. The molecule has 0 unspecified atom stereocenters. The average molecular weight is 487 g/mol. The second-order valence-corrected chi connectivity index (χ2v) is 9.71. The zero-order chi connectivity index (χ0) is 23.9. The summed E-state index contributed by atoms with van der Waals surface area (Å²) < 4.78 is 0. The zero-order valence-corrected chi connectivity index (χ0v) is 19.9. The molecule has 1 heterocycles. The summed E-state index contributed by atoms with van der Waals surface area (Å²) in [5, 5.41) is 2.29. The monoisotopic (exact) mass is 486 g/mol. The number of rotatable bonds is 5. The third-order valence-electron chi connectivity index (χ3n) is 6.47. The van der Waals surface area contributed by atoms with Crippen LogP contribution in [-0.2, 0) is 9.59 Å². The molecule has 172 valence electrons. The summed E-state index contributed by atoms with van der Waals surface area (Å²) in [6.45, 7) is 3.50. The van der Waals surface area contributed by atoms with Gasteiger partial charge in [-0.3, -0.25) is 19.2 Å². The number of Topliss-reactive ketones (excluding diaryl/α,β-unsaturated/α-hetero) is 1. The van der Waals surface area contributed by atoms with Crippen LogP contribution in [0.25, 0.3) is 0 Å². The van der Waals surface area contributed by atoms with Crippen molar-refractivity contribution in [2.75, 3.05) is 6.54 Å². The van der Waals surface area contributed by atoms with Gasteiger partial charge in [0, 0.05) is 11.1 Å². The molecular formula is C25H24Cl2N2O4. The second kappa shape index (κ2) is 9.27. The molecule has 1 saturated heterocycles. The standard InChI is InChI=1S/C25H24Cl2N2O4/c1-14-3-6-16(7-4-14)22(30)13-28(23(31)17-8-10-20(26)21(27)12-17)29-24(32)18-9-5-15(2)11-19(18)25(29)33/h3-4,6-8,10,12,15,18-19H,5,9,11,13H2,1-2H3/t15-,18+,19-/m0/s1. The highest BCUT2D eigenvalue weighted by Gasteiger charge is 2.52. The van der Waals surface area contributed by atoms with Crippen molar-refractivity contribution in [3.05, 3.63) is 69.2 Å². The van der Waals surface area contributed by atoms with Crippen LogP contribution >= 0.6 is 23.2 Å². The Hall–Kier alpha value is -2.70. The molecule has 0 bridgehead atoms. The quantitative estimate of drug-likeness (QED) is 0.441. The third kappa shape index (κ3) is 4.55. The lowest BCUT2D eigenvalue weighted by molar-refractivity contribution is -0.154. The predicted octanol–water partition coefficient (Wildman–Crippen LogP) is 4.96. The minimum atomic E-state index is -0.664. The number of imide groups is 1. The van der Waals surface area contributed by atoms with Gasteiger partial charge in [0.1, 0.15) is 6.54 Å². The van der Waals surface area contributed by atoms with Gasteiger partial charge in [-0.2, -0.15) is 5.01 Å². The molecule has 2 aromatic carbocycles. The van der Waals surface area contributed by atoms with Crippen LogP contribution in [-0.4, -0.2) is 40.1 Å². The number of nitrogens with zero attached hydrogens (tertiary/aromatic N) is 2. The van der Waals surface area contributed by atoms with Crippen molar-refractivity contribution in [2.24, 2.45) is 17.8 Å². The number of halogens is 2. The van der Waals surface area contributed by atoms with Crippen LogP contribution in [0.1, 0.15) is 52.5 Å². The van der Waals surface area contributed by atoms with Crippen molar-refractivity contribution < 1.29 is 19.2 Å². The van der Waals surface area contributed by atoms with E-state index in [2.05, 4.69) is 6.92 Å². The van der Waals surface area contributed by atoms with Crippen molar-refractivity contribution in [3.63, 3.8) is 0 Å². The van der Waals surface area contributed by atoms with Gasteiger partial charge >= 0.3 is 0 Å². The molecule has 6 nitrogen and oxygen atoms in total. The van der Waals surface area contributed by atoms with Gasteiger partial charge in [0.15, 0.2) is 5.78 Å². The van der Waals surface area contributed by atoms with Gasteiger partial charge in [-0.05, 0) is 50.3 Å². The van der Waals surface area contributed by atoms with Crippen LogP contribution in [0.2, 0.25) is 10.0 Å². The Kier molecular flexibility index (Phi) is 6.59. The predicted molar refractivity (Wildman–Crippen MR) is 125 cm³/mol.